The van der Waals surface area contributed by atoms with E-state index in [9.17, 15) is 0 Å². The van der Waals surface area contributed by atoms with Gasteiger partial charge < -0.3 is 11.1 Å². The molecule has 1 aliphatic carbocycles. The van der Waals surface area contributed by atoms with E-state index in [1.807, 2.05) is 12.3 Å². The van der Waals surface area contributed by atoms with Crippen molar-refractivity contribution in [3.63, 3.8) is 0 Å². The number of nitrogen functional groups attached to an aromatic ring is 1. The van der Waals surface area contributed by atoms with E-state index in [2.05, 4.69) is 35.1 Å². The fourth-order valence-corrected chi connectivity index (χ4v) is 4.34. The topological polar surface area (TPSA) is 50.9 Å². The van der Waals surface area contributed by atoms with Gasteiger partial charge in [0, 0.05) is 23.2 Å². The van der Waals surface area contributed by atoms with Gasteiger partial charge in [-0.3, -0.25) is 0 Å². The predicted octanol–water partition coefficient (Wildman–Crippen LogP) is 3.64. The number of hydrogen-bond acceptors (Lipinski definition) is 4. The van der Waals surface area contributed by atoms with Gasteiger partial charge in [-0.15, -0.1) is 0 Å². The molecular weight excluding hydrogens is 278 g/mol. The molecule has 2 rings (SSSR count). The maximum Gasteiger partial charge on any atom is 0.123 e. The first-order valence-corrected chi connectivity index (χ1v) is 9.38. The molecule has 1 aromatic rings. The Morgan fingerprint density at radius 1 is 1.38 bits per heavy atom. The van der Waals surface area contributed by atoms with Gasteiger partial charge >= 0.3 is 0 Å². The molecule has 21 heavy (non-hydrogen) atoms. The highest BCUT2D eigenvalue weighted by Crippen LogP contribution is 2.28. The molecule has 118 valence electrons. The van der Waals surface area contributed by atoms with Crippen molar-refractivity contribution in [2.75, 3.05) is 18.0 Å². The monoisotopic (exact) mass is 307 g/mol. The smallest absolute Gasteiger partial charge is 0.123 e. The number of nitrogens with one attached hydrogen (secondary N) is 1. The second kappa shape index (κ2) is 9.31. The predicted molar refractivity (Wildman–Crippen MR) is 93.8 cm³/mol. The highest BCUT2D eigenvalue weighted by molar-refractivity contribution is 7.99. The molecule has 1 saturated carbocycles. The quantitative estimate of drug-likeness (QED) is 0.770. The summed E-state index contributed by atoms with van der Waals surface area (Å²) in [7, 11) is 0. The summed E-state index contributed by atoms with van der Waals surface area (Å²) in [4.78, 5) is 4.08. The Labute approximate surface area is 133 Å². The minimum atomic E-state index is 0.540. The number of hydrogen-bond donors (Lipinski definition) is 2. The van der Waals surface area contributed by atoms with Crippen LogP contribution in [0.15, 0.2) is 18.3 Å². The van der Waals surface area contributed by atoms with Crippen molar-refractivity contribution in [3.05, 3.63) is 23.9 Å². The van der Waals surface area contributed by atoms with Crippen LogP contribution in [0, 0.1) is 0 Å². The summed E-state index contributed by atoms with van der Waals surface area (Å²) in [6, 6.07) is 4.63. The minimum absolute atomic E-state index is 0.540. The van der Waals surface area contributed by atoms with E-state index >= 15 is 0 Å². The number of aromatic nitrogens is 1. The van der Waals surface area contributed by atoms with Crippen LogP contribution in [0.2, 0.25) is 0 Å². The highest BCUT2D eigenvalue weighted by Gasteiger charge is 2.17. The zero-order valence-electron chi connectivity index (χ0n) is 13.2. The van der Waals surface area contributed by atoms with Gasteiger partial charge in [0.1, 0.15) is 5.82 Å². The lowest BCUT2D eigenvalue weighted by molar-refractivity contribution is 0.511. The van der Waals surface area contributed by atoms with Crippen molar-refractivity contribution >= 4 is 17.6 Å². The Morgan fingerprint density at radius 2 is 2.19 bits per heavy atom. The summed E-state index contributed by atoms with van der Waals surface area (Å²) >= 11 is 2.17. The maximum absolute atomic E-state index is 5.79. The van der Waals surface area contributed by atoms with Crippen LogP contribution >= 0.6 is 11.8 Å². The second-order valence-corrected chi connectivity index (χ2v) is 7.37. The third-order valence-electron chi connectivity index (χ3n) is 4.10. The van der Waals surface area contributed by atoms with Crippen molar-refractivity contribution in [2.45, 2.75) is 63.2 Å². The number of nitrogens with zero attached hydrogens (tertiary/aromatic N) is 1. The first kappa shape index (κ1) is 16.6. The van der Waals surface area contributed by atoms with E-state index < -0.39 is 0 Å². The normalized spacial score (nSPS) is 17.8. The minimum Gasteiger partial charge on any atom is -0.384 e. The molecule has 0 aliphatic heterocycles. The molecule has 3 nitrogen and oxygen atoms in total. The van der Waals surface area contributed by atoms with Crippen LogP contribution in [-0.4, -0.2) is 28.6 Å². The highest BCUT2D eigenvalue weighted by atomic mass is 32.2. The lowest BCUT2D eigenvalue weighted by Gasteiger charge is -2.24. The summed E-state index contributed by atoms with van der Waals surface area (Å²) < 4.78 is 0. The lowest BCUT2D eigenvalue weighted by Crippen LogP contribution is -2.34. The van der Waals surface area contributed by atoms with E-state index in [1.54, 1.807) is 0 Å². The molecule has 1 fully saturated rings. The van der Waals surface area contributed by atoms with E-state index in [0.717, 1.165) is 18.2 Å². The van der Waals surface area contributed by atoms with Crippen molar-refractivity contribution < 1.29 is 0 Å². The third-order valence-corrected chi connectivity index (χ3v) is 5.63. The number of thioether (sulfide) groups is 1. The van der Waals surface area contributed by atoms with Crippen molar-refractivity contribution in [1.82, 2.24) is 10.3 Å². The fourth-order valence-electron chi connectivity index (χ4n) is 2.93. The summed E-state index contributed by atoms with van der Waals surface area (Å²) in [6.07, 6.45) is 11.1. The standard InChI is InChI=1S/C17H29N3S/c1-2-9-19-15(11-14-8-10-20-17(18)12-14)13-21-16-6-4-3-5-7-16/h8,10,12,15-16,19H,2-7,9,11,13H2,1H3,(H2,18,20). The third kappa shape index (κ3) is 6.27. The summed E-state index contributed by atoms with van der Waals surface area (Å²) in [5.74, 6) is 1.83. The van der Waals surface area contributed by atoms with Gasteiger partial charge in [-0.2, -0.15) is 11.8 Å². The van der Waals surface area contributed by atoms with Gasteiger partial charge in [-0.1, -0.05) is 26.2 Å². The molecule has 0 saturated heterocycles. The molecule has 1 unspecified atom stereocenters. The van der Waals surface area contributed by atoms with Crippen molar-refractivity contribution in [2.24, 2.45) is 0 Å². The number of anilines is 1. The first-order valence-electron chi connectivity index (χ1n) is 8.33. The molecule has 0 aromatic carbocycles. The summed E-state index contributed by atoms with van der Waals surface area (Å²) in [5, 5.41) is 4.58. The number of pyridine rings is 1. The number of rotatable bonds is 8. The Morgan fingerprint density at radius 3 is 2.90 bits per heavy atom. The van der Waals surface area contributed by atoms with Crippen molar-refractivity contribution in [1.29, 1.82) is 0 Å². The van der Waals surface area contributed by atoms with E-state index in [4.69, 9.17) is 5.73 Å². The van der Waals surface area contributed by atoms with Crippen LogP contribution in [0.4, 0.5) is 5.82 Å². The molecule has 4 heteroatoms. The van der Waals surface area contributed by atoms with Crippen LogP contribution in [0.3, 0.4) is 0 Å². The zero-order chi connectivity index (χ0) is 14.9. The van der Waals surface area contributed by atoms with Gasteiger partial charge in [0.15, 0.2) is 0 Å². The molecule has 1 heterocycles. The summed E-state index contributed by atoms with van der Waals surface area (Å²) in [5.41, 5.74) is 7.08. The zero-order valence-corrected chi connectivity index (χ0v) is 14.0. The molecule has 1 aromatic heterocycles. The Hall–Kier alpha value is -0.740. The van der Waals surface area contributed by atoms with E-state index in [0.29, 0.717) is 11.9 Å². The van der Waals surface area contributed by atoms with Crippen LogP contribution in [0.1, 0.15) is 51.0 Å². The van der Waals surface area contributed by atoms with Crippen LogP contribution < -0.4 is 11.1 Å². The Kier molecular flexibility index (Phi) is 7.37. The molecular formula is C17H29N3S. The first-order chi connectivity index (χ1) is 10.3. The van der Waals surface area contributed by atoms with E-state index in [1.165, 1.54) is 49.8 Å². The molecule has 3 N–H and O–H groups in total. The molecule has 1 atom stereocenters. The van der Waals surface area contributed by atoms with Gasteiger partial charge in [0.05, 0.1) is 0 Å². The molecule has 0 radical (unpaired) electrons. The van der Waals surface area contributed by atoms with Crippen LogP contribution in [0.25, 0.3) is 0 Å². The maximum atomic E-state index is 5.79. The summed E-state index contributed by atoms with van der Waals surface area (Å²) in [6.45, 7) is 3.32. The van der Waals surface area contributed by atoms with Crippen LogP contribution in [0.5, 0.6) is 0 Å². The average Bonchev–Trinajstić information content (AvgIpc) is 2.51. The van der Waals surface area contributed by atoms with Gasteiger partial charge in [0.25, 0.3) is 0 Å². The molecule has 0 bridgehead atoms. The van der Waals surface area contributed by atoms with Gasteiger partial charge in [-0.25, -0.2) is 4.98 Å². The largest absolute Gasteiger partial charge is 0.384 e. The fraction of sp³-hybridized carbons (Fsp3) is 0.706. The van der Waals surface area contributed by atoms with Crippen molar-refractivity contribution in [3.8, 4) is 0 Å². The van der Waals surface area contributed by atoms with Gasteiger partial charge in [0.2, 0.25) is 0 Å². The molecule has 1 aliphatic rings. The average molecular weight is 308 g/mol. The van der Waals surface area contributed by atoms with E-state index in [-0.39, 0.29) is 0 Å². The Bertz CT molecular complexity index is 405. The van der Waals surface area contributed by atoms with Gasteiger partial charge in [-0.05, 0) is 49.9 Å². The molecule has 0 amide bonds. The van der Waals surface area contributed by atoms with Crippen LogP contribution in [-0.2, 0) is 6.42 Å². The molecule has 0 spiro atoms. The number of nitrogens with two attached hydrogens (primary N) is 1. The second-order valence-electron chi connectivity index (χ2n) is 6.04. The Balaban J connectivity index is 1.84. The lowest BCUT2D eigenvalue weighted by atomic mass is 10.0. The SMILES string of the molecule is CCCNC(CSC1CCCCC1)Cc1ccnc(N)c1.